The Labute approximate surface area is 99.7 Å². The van der Waals surface area contributed by atoms with Crippen molar-refractivity contribution in [1.29, 1.82) is 0 Å². The summed E-state index contributed by atoms with van der Waals surface area (Å²) in [5.41, 5.74) is 0. The second-order valence-electron chi connectivity index (χ2n) is 4.25. The van der Waals surface area contributed by atoms with Crippen molar-refractivity contribution in [3.8, 4) is 11.5 Å². The molecule has 0 amide bonds. The molecule has 1 heterocycles. The Morgan fingerprint density at radius 2 is 1.29 bits per heavy atom. The van der Waals surface area contributed by atoms with Crippen LogP contribution in [-0.2, 0) is 9.59 Å². The van der Waals surface area contributed by atoms with Gasteiger partial charge in [-0.2, -0.15) is 0 Å². The number of carbonyl (C=O) groups excluding carboxylic acids is 2. The largest absolute Gasteiger partial charge is 0.465 e. The van der Waals surface area contributed by atoms with Crippen molar-refractivity contribution in [2.24, 2.45) is 11.8 Å². The van der Waals surface area contributed by atoms with Crippen LogP contribution in [0.25, 0.3) is 0 Å². The molecule has 5 heteroatoms. The molecule has 0 aliphatic heterocycles. The van der Waals surface area contributed by atoms with E-state index in [0.29, 0.717) is 0 Å². The third-order valence-corrected chi connectivity index (χ3v) is 1.96. The molecule has 0 aromatic carbocycles. The SMILES string of the molecule is CC(C)C(=O)Oc1cocc1OC(=O)C(C)C. The second kappa shape index (κ2) is 5.52. The molecule has 0 radical (unpaired) electrons. The molecule has 0 saturated carbocycles. The number of rotatable bonds is 4. The monoisotopic (exact) mass is 240 g/mol. The third kappa shape index (κ3) is 3.62. The van der Waals surface area contributed by atoms with Crippen LogP contribution in [0.4, 0.5) is 0 Å². The highest BCUT2D eigenvalue weighted by atomic mass is 16.6. The lowest BCUT2D eigenvalue weighted by Gasteiger charge is -2.08. The Kier molecular flexibility index (Phi) is 4.31. The number of esters is 2. The minimum atomic E-state index is -0.409. The molecule has 0 spiro atoms. The van der Waals surface area contributed by atoms with E-state index in [4.69, 9.17) is 13.9 Å². The minimum Gasteiger partial charge on any atom is -0.465 e. The maximum absolute atomic E-state index is 11.4. The summed E-state index contributed by atoms with van der Waals surface area (Å²) < 4.78 is 14.9. The summed E-state index contributed by atoms with van der Waals surface area (Å²) in [5.74, 6) is -1.10. The van der Waals surface area contributed by atoms with Gasteiger partial charge in [0, 0.05) is 0 Å². The maximum Gasteiger partial charge on any atom is 0.314 e. The Hall–Kier alpha value is -1.78. The van der Waals surface area contributed by atoms with Crippen molar-refractivity contribution in [1.82, 2.24) is 0 Å². The van der Waals surface area contributed by atoms with Crippen molar-refractivity contribution in [3.05, 3.63) is 12.5 Å². The minimum absolute atomic E-state index is 0.123. The fourth-order valence-corrected chi connectivity index (χ4v) is 0.875. The van der Waals surface area contributed by atoms with E-state index in [-0.39, 0.29) is 23.3 Å². The first-order valence-electron chi connectivity index (χ1n) is 5.41. The lowest BCUT2D eigenvalue weighted by Crippen LogP contribution is -2.17. The van der Waals surface area contributed by atoms with E-state index in [1.807, 2.05) is 0 Å². The Morgan fingerprint density at radius 3 is 1.59 bits per heavy atom. The van der Waals surface area contributed by atoms with E-state index < -0.39 is 11.9 Å². The van der Waals surface area contributed by atoms with E-state index in [1.165, 1.54) is 12.5 Å². The second-order valence-corrected chi connectivity index (χ2v) is 4.25. The summed E-state index contributed by atoms with van der Waals surface area (Å²) in [6.07, 6.45) is 2.45. The van der Waals surface area contributed by atoms with Crippen molar-refractivity contribution in [2.45, 2.75) is 27.7 Å². The molecular weight excluding hydrogens is 224 g/mol. The molecule has 0 N–H and O–H groups in total. The molecule has 94 valence electrons. The molecule has 1 aromatic rings. The van der Waals surface area contributed by atoms with Gasteiger partial charge in [-0.1, -0.05) is 27.7 Å². The van der Waals surface area contributed by atoms with Crippen LogP contribution in [0.15, 0.2) is 16.9 Å². The van der Waals surface area contributed by atoms with Gasteiger partial charge in [-0.25, -0.2) is 0 Å². The van der Waals surface area contributed by atoms with Crippen LogP contribution in [0, 0.1) is 11.8 Å². The van der Waals surface area contributed by atoms with Gasteiger partial charge in [-0.15, -0.1) is 0 Å². The van der Waals surface area contributed by atoms with Crippen molar-refractivity contribution in [3.63, 3.8) is 0 Å². The van der Waals surface area contributed by atoms with Gasteiger partial charge in [-0.3, -0.25) is 9.59 Å². The quantitative estimate of drug-likeness (QED) is 0.756. The number of carbonyl (C=O) groups is 2. The van der Waals surface area contributed by atoms with E-state index in [1.54, 1.807) is 27.7 Å². The highest BCUT2D eigenvalue weighted by Gasteiger charge is 2.19. The summed E-state index contributed by atoms with van der Waals surface area (Å²) in [4.78, 5) is 22.8. The Morgan fingerprint density at radius 1 is 0.941 bits per heavy atom. The number of furan rings is 1. The number of ether oxygens (including phenoxy) is 2. The lowest BCUT2D eigenvalue weighted by molar-refractivity contribution is -0.140. The van der Waals surface area contributed by atoms with Crippen LogP contribution >= 0.6 is 0 Å². The predicted molar refractivity (Wildman–Crippen MR) is 59.7 cm³/mol. The van der Waals surface area contributed by atoms with Crippen LogP contribution in [0.2, 0.25) is 0 Å². The lowest BCUT2D eigenvalue weighted by atomic mass is 10.2. The van der Waals surface area contributed by atoms with Gasteiger partial charge < -0.3 is 13.9 Å². The first-order chi connectivity index (χ1) is 7.91. The highest BCUT2D eigenvalue weighted by molar-refractivity contribution is 5.77. The van der Waals surface area contributed by atoms with Crippen molar-refractivity contribution < 1.29 is 23.5 Å². The summed E-state index contributed by atoms with van der Waals surface area (Å²) in [6, 6.07) is 0. The van der Waals surface area contributed by atoms with Crippen LogP contribution in [0.5, 0.6) is 11.5 Å². The zero-order valence-corrected chi connectivity index (χ0v) is 10.4. The van der Waals surface area contributed by atoms with Gasteiger partial charge in [0.1, 0.15) is 12.5 Å². The smallest absolute Gasteiger partial charge is 0.314 e. The van der Waals surface area contributed by atoms with E-state index in [9.17, 15) is 9.59 Å². The normalized spacial score (nSPS) is 10.7. The molecule has 1 rings (SSSR count). The molecule has 5 nitrogen and oxygen atoms in total. The average molecular weight is 240 g/mol. The molecule has 0 bridgehead atoms. The summed E-state index contributed by atoms with van der Waals surface area (Å²) in [5, 5.41) is 0. The summed E-state index contributed by atoms with van der Waals surface area (Å²) in [7, 11) is 0. The van der Waals surface area contributed by atoms with E-state index >= 15 is 0 Å². The number of hydrogen-bond donors (Lipinski definition) is 0. The Bertz CT molecular complexity index is 366. The van der Waals surface area contributed by atoms with Crippen LogP contribution in [0.3, 0.4) is 0 Å². The topological polar surface area (TPSA) is 65.7 Å². The molecule has 1 aromatic heterocycles. The molecule has 0 fully saturated rings. The van der Waals surface area contributed by atoms with E-state index in [0.717, 1.165) is 0 Å². The summed E-state index contributed by atoms with van der Waals surface area (Å²) in [6.45, 7) is 6.84. The third-order valence-electron chi connectivity index (χ3n) is 1.96. The van der Waals surface area contributed by atoms with Gasteiger partial charge in [0.15, 0.2) is 0 Å². The van der Waals surface area contributed by atoms with Crippen LogP contribution < -0.4 is 9.47 Å². The molecular formula is C12H16O5. The highest BCUT2D eigenvalue weighted by Crippen LogP contribution is 2.29. The van der Waals surface area contributed by atoms with Gasteiger partial charge in [0.2, 0.25) is 11.5 Å². The number of hydrogen-bond acceptors (Lipinski definition) is 5. The maximum atomic E-state index is 11.4. The summed E-state index contributed by atoms with van der Waals surface area (Å²) >= 11 is 0. The standard InChI is InChI=1S/C12H16O5/c1-7(2)11(13)16-9-5-15-6-10(9)17-12(14)8(3)4/h5-8H,1-4H3. The Balaban J connectivity index is 2.73. The van der Waals surface area contributed by atoms with Crippen LogP contribution in [-0.4, -0.2) is 11.9 Å². The molecule has 17 heavy (non-hydrogen) atoms. The molecule has 0 saturated heterocycles. The molecule has 0 aliphatic carbocycles. The first-order valence-corrected chi connectivity index (χ1v) is 5.41. The first kappa shape index (κ1) is 13.3. The predicted octanol–water partition coefficient (Wildman–Crippen LogP) is 2.40. The zero-order chi connectivity index (χ0) is 13.0. The fourth-order valence-electron chi connectivity index (χ4n) is 0.875. The van der Waals surface area contributed by atoms with Crippen LogP contribution in [0.1, 0.15) is 27.7 Å². The zero-order valence-electron chi connectivity index (χ0n) is 10.4. The molecule has 0 atom stereocenters. The van der Waals surface area contributed by atoms with Gasteiger partial charge in [0.25, 0.3) is 0 Å². The van der Waals surface area contributed by atoms with Gasteiger partial charge in [-0.05, 0) is 0 Å². The fraction of sp³-hybridized carbons (Fsp3) is 0.500. The van der Waals surface area contributed by atoms with E-state index in [2.05, 4.69) is 0 Å². The van der Waals surface area contributed by atoms with Gasteiger partial charge >= 0.3 is 11.9 Å². The van der Waals surface area contributed by atoms with Crippen molar-refractivity contribution >= 4 is 11.9 Å². The molecule has 0 aliphatic rings. The molecule has 0 unspecified atom stereocenters. The van der Waals surface area contributed by atoms with Gasteiger partial charge in [0.05, 0.1) is 11.8 Å². The average Bonchev–Trinajstić information content (AvgIpc) is 2.65. The van der Waals surface area contributed by atoms with Crippen molar-refractivity contribution in [2.75, 3.05) is 0 Å².